The molecule has 2 heterocycles. The number of likely N-dealkylation sites (tertiary alicyclic amines) is 1. The number of ether oxygens (including phenoxy) is 1. The summed E-state index contributed by atoms with van der Waals surface area (Å²) in [6.07, 6.45) is 5.50. The lowest BCUT2D eigenvalue weighted by Crippen LogP contribution is -2.47. The largest absolute Gasteiger partial charge is 0.444 e. The zero-order valence-corrected chi connectivity index (χ0v) is 16.7. The molecule has 1 saturated heterocycles. The van der Waals surface area contributed by atoms with Crippen LogP contribution in [0.5, 0.6) is 0 Å². The monoisotopic (exact) mass is 384 g/mol. The SMILES string of the molecule is CC(C)(C)OC(=O)N1CCCC1C(=O)NCCc1cnn(-c2ccccc2)c1. The standard InChI is InChI=1S/C21H28N4O3/c1-21(2,3)28-20(27)24-13-7-10-18(24)19(26)22-12-11-16-14-23-25(15-16)17-8-5-4-6-9-17/h4-6,8-9,14-15,18H,7,10-13H2,1-3H3,(H,22,26). The first-order valence-corrected chi connectivity index (χ1v) is 9.70. The van der Waals surface area contributed by atoms with Gasteiger partial charge in [-0.2, -0.15) is 5.10 Å². The maximum absolute atomic E-state index is 12.6. The number of carbonyl (C=O) groups is 2. The van der Waals surface area contributed by atoms with Crippen LogP contribution in [0.1, 0.15) is 39.2 Å². The van der Waals surface area contributed by atoms with E-state index in [0.717, 1.165) is 17.7 Å². The van der Waals surface area contributed by atoms with Crippen molar-refractivity contribution in [2.45, 2.75) is 51.7 Å². The minimum absolute atomic E-state index is 0.126. The van der Waals surface area contributed by atoms with Crippen LogP contribution in [-0.2, 0) is 16.0 Å². The summed E-state index contributed by atoms with van der Waals surface area (Å²) in [5, 5.41) is 7.31. The number of nitrogens with zero attached hydrogens (tertiary/aromatic N) is 3. The Kier molecular flexibility index (Phi) is 6.02. The molecule has 1 atom stereocenters. The maximum Gasteiger partial charge on any atom is 0.410 e. The van der Waals surface area contributed by atoms with Gasteiger partial charge in [0.15, 0.2) is 0 Å². The van der Waals surface area contributed by atoms with E-state index >= 15 is 0 Å². The van der Waals surface area contributed by atoms with Crippen LogP contribution in [0.3, 0.4) is 0 Å². The van der Waals surface area contributed by atoms with Gasteiger partial charge < -0.3 is 10.1 Å². The summed E-state index contributed by atoms with van der Waals surface area (Å²) in [5.41, 5.74) is 1.47. The van der Waals surface area contributed by atoms with Crippen molar-refractivity contribution in [3.8, 4) is 5.69 Å². The Morgan fingerprint density at radius 3 is 2.71 bits per heavy atom. The Morgan fingerprint density at radius 2 is 2.00 bits per heavy atom. The third-order valence-corrected chi connectivity index (χ3v) is 4.55. The lowest BCUT2D eigenvalue weighted by atomic mass is 10.2. The summed E-state index contributed by atoms with van der Waals surface area (Å²) < 4.78 is 7.23. The quantitative estimate of drug-likeness (QED) is 0.860. The van der Waals surface area contributed by atoms with Gasteiger partial charge in [-0.25, -0.2) is 9.48 Å². The molecule has 0 aliphatic carbocycles. The van der Waals surface area contributed by atoms with Crippen LogP contribution in [0, 0.1) is 0 Å². The molecule has 28 heavy (non-hydrogen) atoms. The summed E-state index contributed by atoms with van der Waals surface area (Å²) in [6.45, 7) is 6.53. The topological polar surface area (TPSA) is 76.5 Å². The second-order valence-electron chi connectivity index (χ2n) is 8.00. The van der Waals surface area contributed by atoms with Gasteiger partial charge in [0.2, 0.25) is 5.91 Å². The number of benzene rings is 1. The van der Waals surface area contributed by atoms with Gasteiger partial charge in [-0.05, 0) is 57.7 Å². The number of aromatic nitrogens is 2. The summed E-state index contributed by atoms with van der Waals surface area (Å²) in [7, 11) is 0. The summed E-state index contributed by atoms with van der Waals surface area (Å²) in [5.74, 6) is -0.126. The fraction of sp³-hybridized carbons (Fsp3) is 0.476. The second kappa shape index (κ2) is 8.46. The molecule has 1 aliphatic rings. The van der Waals surface area contributed by atoms with Crippen LogP contribution in [0.25, 0.3) is 5.69 Å². The molecule has 1 unspecified atom stereocenters. The summed E-state index contributed by atoms with van der Waals surface area (Å²) in [6, 6.07) is 9.42. The van der Waals surface area contributed by atoms with Crippen LogP contribution in [0.2, 0.25) is 0 Å². The molecule has 0 bridgehead atoms. The number of rotatable bonds is 5. The Hall–Kier alpha value is -2.83. The van der Waals surface area contributed by atoms with Gasteiger partial charge in [-0.1, -0.05) is 18.2 Å². The molecule has 0 saturated carbocycles. The number of hydrogen-bond acceptors (Lipinski definition) is 4. The van der Waals surface area contributed by atoms with Gasteiger partial charge in [0.25, 0.3) is 0 Å². The zero-order chi connectivity index (χ0) is 20.1. The highest BCUT2D eigenvalue weighted by Gasteiger charge is 2.36. The Balaban J connectivity index is 1.50. The fourth-order valence-corrected chi connectivity index (χ4v) is 3.24. The van der Waals surface area contributed by atoms with E-state index in [1.165, 1.54) is 4.90 Å². The van der Waals surface area contributed by atoms with E-state index in [0.29, 0.717) is 25.9 Å². The molecule has 1 aromatic heterocycles. The molecular formula is C21H28N4O3. The van der Waals surface area contributed by atoms with Gasteiger partial charge >= 0.3 is 6.09 Å². The third kappa shape index (κ3) is 5.12. The second-order valence-corrected chi connectivity index (χ2v) is 8.00. The van der Waals surface area contributed by atoms with Gasteiger partial charge in [0, 0.05) is 19.3 Å². The van der Waals surface area contributed by atoms with E-state index in [2.05, 4.69) is 10.4 Å². The number of nitrogens with one attached hydrogen (secondary N) is 1. The molecule has 1 aliphatic heterocycles. The smallest absolute Gasteiger partial charge is 0.410 e. The van der Waals surface area contributed by atoms with Crippen molar-refractivity contribution in [1.29, 1.82) is 0 Å². The lowest BCUT2D eigenvalue weighted by molar-refractivity contribution is -0.125. The van der Waals surface area contributed by atoms with Gasteiger partial charge in [-0.15, -0.1) is 0 Å². The highest BCUT2D eigenvalue weighted by Crippen LogP contribution is 2.21. The van der Waals surface area contributed by atoms with Gasteiger partial charge in [0.1, 0.15) is 11.6 Å². The number of hydrogen-bond donors (Lipinski definition) is 1. The highest BCUT2D eigenvalue weighted by atomic mass is 16.6. The van der Waals surface area contributed by atoms with Crippen molar-refractivity contribution >= 4 is 12.0 Å². The molecule has 0 spiro atoms. The maximum atomic E-state index is 12.6. The fourth-order valence-electron chi connectivity index (χ4n) is 3.24. The molecule has 1 aromatic carbocycles. The predicted octanol–water partition coefficient (Wildman–Crippen LogP) is 2.93. The Morgan fingerprint density at radius 1 is 1.25 bits per heavy atom. The number of amides is 2. The first-order valence-electron chi connectivity index (χ1n) is 9.70. The number of para-hydroxylation sites is 1. The highest BCUT2D eigenvalue weighted by molar-refractivity contribution is 5.86. The first kappa shape index (κ1) is 19.9. The first-order chi connectivity index (χ1) is 13.3. The summed E-state index contributed by atoms with van der Waals surface area (Å²) in [4.78, 5) is 26.4. The van der Waals surface area contributed by atoms with Crippen LogP contribution < -0.4 is 5.32 Å². The average molecular weight is 384 g/mol. The van der Waals surface area contributed by atoms with Crippen LogP contribution in [0.15, 0.2) is 42.7 Å². The van der Waals surface area contributed by atoms with Crippen molar-refractivity contribution in [3.63, 3.8) is 0 Å². The van der Waals surface area contributed by atoms with Crippen molar-refractivity contribution in [3.05, 3.63) is 48.3 Å². The van der Waals surface area contributed by atoms with E-state index in [1.54, 1.807) is 0 Å². The van der Waals surface area contributed by atoms with Crippen molar-refractivity contribution in [2.75, 3.05) is 13.1 Å². The predicted molar refractivity (Wildman–Crippen MR) is 106 cm³/mol. The van der Waals surface area contributed by atoms with Gasteiger partial charge in [-0.3, -0.25) is 9.69 Å². The van der Waals surface area contributed by atoms with E-state index in [-0.39, 0.29) is 5.91 Å². The molecule has 2 amide bonds. The van der Waals surface area contributed by atoms with Crippen LogP contribution in [-0.4, -0.2) is 51.4 Å². The van der Waals surface area contributed by atoms with E-state index in [9.17, 15) is 9.59 Å². The minimum Gasteiger partial charge on any atom is -0.444 e. The molecule has 2 aromatic rings. The normalized spacial score (nSPS) is 16.8. The van der Waals surface area contributed by atoms with Crippen LogP contribution >= 0.6 is 0 Å². The molecule has 1 N–H and O–H groups in total. The van der Waals surface area contributed by atoms with Crippen molar-refractivity contribution < 1.29 is 14.3 Å². The number of carbonyl (C=O) groups excluding carboxylic acids is 2. The molecule has 7 heteroatoms. The van der Waals surface area contributed by atoms with Crippen LogP contribution in [0.4, 0.5) is 4.79 Å². The van der Waals surface area contributed by atoms with Crippen molar-refractivity contribution in [1.82, 2.24) is 20.0 Å². The van der Waals surface area contributed by atoms with E-state index < -0.39 is 17.7 Å². The third-order valence-electron chi connectivity index (χ3n) is 4.55. The molecule has 0 radical (unpaired) electrons. The summed E-state index contributed by atoms with van der Waals surface area (Å²) >= 11 is 0. The Labute approximate surface area is 165 Å². The average Bonchev–Trinajstić information content (AvgIpc) is 3.30. The lowest BCUT2D eigenvalue weighted by Gasteiger charge is -2.28. The minimum atomic E-state index is -0.570. The van der Waals surface area contributed by atoms with Gasteiger partial charge in [0.05, 0.1) is 11.9 Å². The molecule has 3 rings (SSSR count). The zero-order valence-electron chi connectivity index (χ0n) is 16.7. The molecule has 1 fully saturated rings. The molecule has 7 nitrogen and oxygen atoms in total. The Bertz CT molecular complexity index is 811. The molecule has 150 valence electrons. The van der Waals surface area contributed by atoms with E-state index in [4.69, 9.17) is 4.74 Å². The van der Waals surface area contributed by atoms with Crippen molar-refractivity contribution in [2.24, 2.45) is 0 Å². The molecular weight excluding hydrogens is 356 g/mol. The van der Waals surface area contributed by atoms with E-state index in [1.807, 2.05) is 68.2 Å².